The minimum Gasteiger partial charge on any atom is -0.327 e. The number of nitrogens with two attached hydrogens (primary N) is 1. The number of nitrogens with zero attached hydrogens (tertiary/aromatic N) is 3. The fourth-order valence-electron chi connectivity index (χ4n) is 2.49. The summed E-state index contributed by atoms with van der Waals surface area (Å²) < 4.78 is 1.95. The number of aromatic nitrogens is 2. The minimum absolute atomic E-state index is 0.396. The summed E-state index contributed by atoms with van der Waals surface area (Å²) in [6, 6.07) is 2.49. The first-order valence-corrected chi connectivity index (χ1v) is 6.15. The van der Waals surface area contributed by atoms with Crippen molar-refractivity contribution in [2.75, 3.05) is 13.1 Å². The molecule has 0 radical (unpaired) electrons. The lowest BCUT2D eigenvalue weighted by Crippen LogP contribution is -2.46. The Morgan fingerprint density at radius 2 is 2.38 bits per heavy atom. The molecule has 90 valence electrons. The van der Waals surface area contributed by atoms with Crippen LogP contribution in [0.3, 0.4) is 0 Å². The van der Waals surface area contributed by atoms with Crippen LogP contribution in [0.4, 0.5) is 0 Å². The van der Waals surface area contributed by atoms with Crippen LogP contribution in [0.15, 0.2) is 12.3 Å². The zero-order valence-electron chi connectivity index (χ0n) is 10.3. The van der Waals surface area contributed by atoms with E-state index in [0.29, 0.717) is 12.0 Å². The van der Waals surface area contributed by atoms with Crippen LogP contribution < -0.4 is 5.73 Å². The van der Waals surface area contributed by atoms with Gasteiger partial charge in [-0.2, -0.15) is 5.10 Å². The van der Waals surface area contributed by atoms with Gasteiger partial charge < -0.3 is 5.73 Å². The van der Waals surface area contributed by atoms with Crippen LogP contribution >= 0.6 is 0 Å². The highest BCUT2D eigenvalue weighted by Crippen LogP contribution is 2.19. The molecule has 0 aliphatic carbocycles. The van der Waals surface area contributed by atoms with E-state index in [-0.39, 0.29) is 0 Å². The van der Waals surface area contributed by atoms with Gasteiger partial charge in [0, 0.05) is 38.9 Å². The molecule has 1 aliphatic rings. The summed E-state index contributed by atoms with van der Waals surface area (Å²) in [5.41, 5.74) is 7.39. The van der Waals surface area contributed by atoms with Crippen LogP contribution in [0.2, 0.25) is 0 Å². The van der Waals surface area contributed by atoms with Crippen LogP contribution in [0.25, 0.3) is 0 Å². The first-order chi connectivity index (χ1) is 7.70. The standard InChI is InChI=1S/C12H22N4/c1-3-10-8-16(7-5-12(10)13)9-11-4-6-14-15(11)2/h4,6,10,12H,3,5,7-9,13H2,1-2H3. The Morgan fingerprint density at radius 3 is 3.00 bits per heavy atom. The topological polar surface area (TPSA) is 47.1 Å². The molecule has 0 amide bonds. The van der Waals surface area contributed by atoms with Crippen molar-refractivity contribution in [1.82, 2.24) is 14.7 Å². The molecule has 1 aliphatic heterocycles. The first kappa shape index (κ1) is 11.6. The Balaban J connectivity index is 1.94. The zero-order chi connectivity index (χ0) is 11.5. The molecule has 2 atom stereocenters. The Labute approximate surface area is 97.4 Å². The molecule has 0 spiro atoms. The van der Waals surface area contributed by atoms with Crippen LogP contribution in [0.5, 0.6) is 0 Å². The second kappa shape index (κ2) is 4.97. The lowest BCUT2D eigenvalue weighted by atomic mass is 9.91. The Hall–Kier alpha value is -0.870. The summed E-state index contributed by atoms with van der Waals surface area (Å²) in [5.74, 6) is 0.655. The van der Waals surface area contributed by atoms with Gasteiger partial charge in [-0.3, -0.25) is 9.58 Å². The van der Waals surface area contributed by atoms with Crippen molar-refractivity contribution >= 4 is 0 Å². The molecular weight excluding hydrogens is 200 g/mol. The van der Waals surface area contributed by atoms with Crippen molar-refractivity contribution in [2.45, 2.75) is 32.4 Å². The lowest BCUT2D eigenvalue weighted by Gasteiger charge is -2.36. The van der Waals surface area contributed by atoms with Crippen LogP contribution in [-0.4, -0.2) is 33.8 Å². The molecule has 0 aromatic carbocycles. The van der Waals surface area contributed by atoms with Crippen molar-refractivity contribution in [3.8, 4) is 0 Å². The highest BCUT2D eigenvalue weighted by molar-refractivity contribution is 5.00. The van der Waals surface area contributed by atoms with Crippen molar-refractivity contribution in [3.05, 3.63) is 18.0 Å². The molecular formula is C12H22N4. The van der Waals surface area contributed by atoms with E-state index in [1.165, 1.54) is 12.1 Å². The van der Waals surface area contributed by atoms with Gasteiger partial charge in [0.05, 0.1) is 5.69 Å². The lowest BCUT2D eigenvalue weighted by molar-refractivity contribution is 0.142. The van der Waals surface area contributed by atoms with E-state index in [0.717, 1.165) is 26.1 Å². The number of rotatable bonds is 3. The predicted molar refractivity (Wildman–Crippen MR) is 64.9 cm³/mol. The van der Waals surface area contributed by atoms with Crippen molar-refractivity contribution in [2.24, 2.45) is 18.7 Å². The van der Waals surface area contributed by atoms with Gasteiger partial charge in [-0.1, -0.05) is 13.3 Å². The van der Waals surface area contributed by atoms with Gasteiger partial charge in [0.2, 0.25) is 0 Å². The van der Waals surface area contributed by atoms with Gasteiger partial charge in [-0.05, 0) is 18.4 Å². The number of likely N-dealkylation sites (tertiary alicyclic amines) is 1. The molecule has 4 nitrogen and oxygen atoms in total. The maximum absolute atomic E-state index is 6.11. The smallest absolute Gasteiger partial charge is 0.0521 e. The molecule has 0 saturated carbocycles. The zero-order valence-corrected chi connectivity index (χ0v) is 10.3. The minimum atomic E-state index is 0.396. The number of hydrogen-bond acceptors (Lipinski definition) is 3. The summed E-state index contributed by atoms with van der Waals surface area (Å²) in [4.78, 5) is 2.49. The maximum atomic E-state index is 6.11. The molecule has 16 heavy (non-hydrogen) atoms. The summed E-state index contributed by atoms with van der Waals surface area (Å²) in [6.07, 6.45) is 4.17. The SMILES string of the molecule is CCC1CN(Cc2ccnn2C)CCC1N. The van der Waals surface area contributed by atoms with Gasteiger partial charge in [-0.15, -0.1) is 0 Å². The average Bonchev–Trinajstić information content (AvgIpc) is 2.67. The van der Waals surface area contributed by atoms with Gasteiger partial charge >= 0.3 is 0 Å². The molecule has 1 aromatic heterocycles. The summed E-state index contributed by atoms with van der Waals surface area (Å²) in [7, 11) is 2.00. The Kier molecular flexibility index (Phi) is 3.61. The highest BCUT2D eigenvalue weighted by atomic mass is 15.3. The van der Waals surface area contributed by atoms with Gasteiger partial charge in [0.1, 0.15) is 0 Å². The average molecular weight is 222 g/mol. The maximum Gasteiger partial charge on any atom is 0.0521 e. The normalized spacial score (nSPS) is 27.2. The van der Waals surface area contributed by atoms with Gasteiger partial charge in [-0.25, -0.2) is 0 Å². The third kappa shape index (κ3) is 2.44. The fourth-order valence-corrected chi connectivity index (χ4v) is 2.49. The number of hydrogen-bond donors (Lipinski definition) is 1. The molecule has 1 aromatic rings. The van der Waals surface area contributed by atoms with E-state index in [1.54, 1.807) is 0 Å². The second-order valence-electron chi connectivity index (χ2n) is 4.80. The fraction of sp³-hybridized carbons (Fsp3) is 0.750. The molecule has 2 unspecified atom stereocenters. The van der Waals surface area contributed by atoms with E-state index in [2.05, 4.69) is 23.0 Å². The molecule has 0 bridgehead atoms. The quantitative estimate of drug-likeness (QED) is 0.829. The summed E-state index contributed by atoms with van der Waals surface area (Å²) in [6.45, 7) is 5.48. The number of piperidine rings is 1. The molecule has 1 fully saturated rings. The summed E-state index contributed by atoms with van der Waals surface area (Å²) in [5, 5.41) is 4.20. The second-order valence-corrected chi connectivity index (χ2v) is 4.80. The number of aryl methyl sites for hydroxylation is 1. The van der Waals surface area contributed by atoms with Crippen LogP contribution in [0, 0.1) is 5.92 Å². The van der Waals surface area contributed by atoms with Crippen molar-refractivity contribution in [1.29, 1.82) is 0 Å². The van der Waals surface area contributed by atoms with Crippen molar-refractivity contribution in [3.63, 3.8) is 0 Å². The van der Waals surface area contributed by atoms with E-state index in [4.69, 9.17) is 5.73 Å². The Morgan fingerprint density at radius 1 is 1.56 bits per heavy atom. The van der Waals surface area contributed by atoms with E-state index >= 15 is 0 Å². The molecule has 2 N–H and O–H groups in total. The van der Waals surface area contributed by atoms with Gasteiger partial charge in [0.15, 0.2) is 0 Å². The molecule has 4 heteroatoms. The molecule has 1 saturated heterocycles. The Bertz CT molecular complexity index is 334. The van der Waals surface area contributed by atoms with E-state index < -0.39 is 0 Å². The van der Waals surface area contributed by atoms with Gasteiger partial charge in [0.25, 0.3) is 0 Å². The third-order valence-corrected chi connectivity index (χ3v) is 3.71. The largest absolute Gasteiger partial charge is 0.327 e. The van der Waals surface area contributed by atoms with Crippen LogP contribution in [-0.2, 0) is 13.6 Å². The molecule has 2 rings (SSSR count). The highest BCUT2D eigenvalue weighted by Gasteiger charge is 2.25. The molecule has 2 heterocycles. The first-order valence-electron chi connectivity index (χ1n) is 6.15. The predicted octanol–water partition coefficient (Wildman–Crippen LogP) is 0.979. The van der Waals surface area contributed by atoms with Crippen molar-refractivity contribution < 1.29 is 0 Å². The summed E-state index contributed by atoms with van der Waals surface area (Å²) >= 11 is 0. The van der Waals surface area contributed by atoms with E-state index in [1.807, 2.05) is 17.9 Å². The monoisotopic (exact) mass is 222 g/mol. The van der Waals surface area contributed by atoms with Crippen LogP contribution in [0.1, 0.15) is 25.5 Å². The third-order valence-electron chi connectivity index (χ3n) is 3.71. The van der Waals surface area contributed by atoms with E-state index in [9.17, 15) is 0 Å².